The fraction of sp³-hybridized carbons (Fsp3) is 0.190. The predicted molar refractivity (Wildman–Crippen MR) is 112 cm³/mol. The molecule has 0 bridgehead atoms. The molecule has 0 spiro atoms. The van der Waals surface area contributed by atoms with E-state index in [2.05, 4.69) is 10.6 Å². The number of ether oxygens (including phenoxy) is 1. The van der Waals surface area contributed by atoms with Gasteiger partial charge in [-0.2, -0.15) is 18.4 Å². The molecule has 0 saturated carbocycles. The number of nitrogens with one attached hydrogen (secondary N) is 2. The summed E-state index contributed by atoms with van der Waals surface area (Å²) in [5, 5.41) is 14.8. The quantitative estimate of drug-likeness (QED) is 0.342. The number of rotatable bonds is 8. The van der Waals surface area contributed by atoms with Crippen molar-refractivity contribution in [1.82, 2.24) is 0 Å². The number of thioether (sulfide) groups is 1. The molecule has 0 heterocycles. The minimum Gasteiger partial charge on any atom is -0.462 e. The first-order valence-electron chi connectivity index (χ1n) is 8.98. The summed E-state index contributed by atoms with van der Waals surface area (Å²) in [4.78, 5) is 24.4. The zero-order valence-electron chi connectivity index (χ0n) is 16.3. The van der Waals surface area contributed by atoms with E-state index in [1.165, 1.54) is 12.1 Å². The summed E-state index contributed by atoms with van der Waals surface area (Å²) < 4.78 is 43.4. The first-order valence-corrected chi connectivity index (χ1v) is 9.96. The molecule has 162 valence electrons. The third kappa shape index (κ3) is 7.38. The summed E-state index contributed by atoms with van der Waals surface area (Å²) in [7, 11) is 0. The van der Waals surface area contributed by atoms with E-state index in [0.29, 0.717) is 5.69 Å². The smallest absolute Gasteiger partial charge is 0.416 e. The maximum Gasteiger partial charge on any atom is 0.416 e. The number of alkyl halides is 3. The van der Waals surface area contributed by atoms with Crippen LogP contribution in [0.25, 0.3) is 0 Å². The topological polar surface area (TPSA) is 91.2 Å². The lowest BCUT2D eigenvalue weighted by molar-refractivity contribution is -0.138. The van der Waals surface area contributed by atoms with Crippen LogP contribution in [0.4, 0.5) is 24.5 Å². The Balaban J connectivity index is 2.17. The standard InChI is InChI=1S/C21H18F3N3O3S/c1-2-30-20(29)17(12-25)19(27-15-8-4-3-5-9-15)31-13-18(28)26-16-10-6-7-14(11-16)21(22,23)24/h3-11,27H,2,13H2,1H3,(H,26,28). The van der Waals surface area contributed by atoms with Gasteiger partial charge in [0.25, 0.3) is 0 Å². The van der Waals surface area contributed by atoms with Crippen molar-refractivity contribution in [3.8, 4) is 6.07 Å². The minimum atomic E-state index is -4.54. The monoisotopic (exact) mass is 449 g/mol. The maximum atomic E-state index is 12.8. The van der Waals surface area contributed by atoms with Gasteiger partial charge >= 0.3 is 12.1 Å². The summed E-state index contributed by atoms with van der Waals surface area (Å²) in [6, 6.07) is 14.6. The first-order chi connectivity index (χ1) is 14.7. The van der Waals surface area contributed by atoms with E-state index in [9.17, 15) is 28.0 Å². The van der Waals surface area contributed by atoms with E-state index < -0.39 is 23.6 Å². The Morgan fingerprint density at radius 2 is 1.74 bits per heavy atom. The second-order valence-corrected chi connectivity index (χ2v) is 6.93. The van der Waals surface area contributed by atoms with Crippen LogP contribution in [0.1, 0.15) is 12.5 Å². The van der Waals surface area contributed by atoms with Gasteiger partial charge in [0, 0.05) is 11.4 Å². The predicted octanol–water partition coefficient (Wildman–Crippen LogP) is 4.79. The number of hydrogen-bond donors (Lipinski definition) is 2. The molecule has 0 aromatic heterocycles. The lowest BCUT2D eigenvalue weighted by Crippen LogP contribution is -2.17. The van der Waals surface area contributed by atoms with Gasteiger partial charge in [-0.1, -0.05) is 36.0 Å². The van der Waals surface area contributed by atoms with Gasteiger partial charge in [0.15, 0.2) is 5.57 Å². The minimum absolute atomic E-state index is 0.0205. The Bertz CT molecular complexity index is 1000. The van der Waals surface area contributed by atoms with Crippen LogP contribution in [0.3, 0.4) is 0 Å². The van der Waals surface area contributed by atoms with E-state index in [4.69, 9.17) is 4.74 Å². The van der Waals surface area contributed by atoms with Gasteiger partial charge in [-0.05, 0) is 37.3 Å². The SMILES string of the molecule is CCOC(=O)C(C#N)=C(Nc1ccccc1)SCC(=O)Nc1cccc(C(F)(F)F)c1. The van der Waals surface area contributed by atoms with Gasteiger partial charge in [0.05, 0.1) is 23.0 Å². The lowest BCUT2D eigenvalue weighted by Gasteiger charge is -2.13. The van der Waals surface area contributed by atoms with E-state index in [0.717, 1.165) is 23.9 Å². The number of carbonyl (C=O) groups is 2. The molecule has 0 saturated heterocycles. The summed E-state index contributed by atoms with van der Waals surface area (Å²) in [5.41, 5.74) is -0.658. The molecule has 0 fully saturated rings. The fourth-order valence-corrected chi connectivity index (χ4v) is 3.13. The Hall–Kier alpha value is -3.45. The molecule has 0 atom stereocenters. The van der Waals surface area contributed by atoms with Gasteiger partial charge in [-0.25, -0.2) is 4.79 Å². The Kier molecular flexibility index (Phi) is 8.52. The molecule has 31 heavy (non-hydrogen) atoms. The molecule has 1 amide bonds. The van der Waals surface area contributed by atoms with Gasteiger partial charge in [0.1, 0.15) is 6.07 Å². The van der Waals surface area contributed by atoms with Crippen molar-refractivity contribution in [2.45, 2.75) is 13.1 Å². The number of nitrogens with zero attached hydrogens (tertiary/aromatic N) is 1. The highest BCUT2D eigenvalue weighted by atomic mass is 32.2. The maximum absolute atomic E-state index is 12.8. The third-order valence-electron chi connectivity index (χ3n) is 3.67. The Labute approximate surface area is 181 Å². The molecule has 0 unspecified atom stereocenters. The molecule has 0 aliphatic heterocycles. The summed E-state index contributed by atoms with van der Waals surface area (Å²) in [6.45, 7) is 1.65. The van der Waals surface area contributed by atoms with Crippen molar-refractivity contribution in [2.24, 2.45) is 0 Å². The summed E-state index contributed by atoms with van der Waals surface area (Å²) >= 11 is 0.851. The number of benzene rings is 2. The average Bonchev–Trinajstić information content (AvgIpc) is 2.73. The third-order valence-corrected chi connectivity index (χ3v) is 4.67. The zero-order valence-corrected chi connectivity index (χ0v) is 17.1. The Morgan fingerprint density at radius 3 is 2.35 bits per heavy atom. The number of anilines is 2. The van der Waals surface area contributed by atoms with E-state index in [-0.39, 0.29) is 28.6 Å². The van der Waals surface area contributed by atoms with E-state index in [1.807, 2.05) is 0 Å². The largest absolute Gasteiger partial charge is 0.462 e. The van der Waals surface area contributed by atoms with Gasteiger partial charge in [0.2, 0.25) is 5.91 Å². The van der Waals surface area contributed by atoms with Crippen LogP contribution in [0, 0.1) is 11.3 Å². The number of amides is 1. The number of para-hydroxylation sites is 1. The molecule has 2 aromatic carbocycles. The van der Waals surface area contributed by atoms with Crippen LogP contribution in [0.2, 0.25) is 0 Å². The van der Waals surface area contributed by atoms with Crippen LogP contribution < -0.4 is 10.6 Å². The second kappa shape index (κ2) is 11.1. The van der Waals surface area contributed by atoms with Gasteiger partial charge in [-0.3, -0.25) is 4.79 Å². The number of nitriles is 1. The number of halogens is 3. The normalized spacial score (nSPS) is 11.7. The molecule has 10 heteroatoms. The Morgan fingerprint density at radius 1 is 1.06 bits per heavy atom. The molecule has 2 aromatic rings. The molecule has 6 nitrogen and oxygen atoms in total. The number of hydrogen-bond acceptors (Lipinski definition) is 6. The molecule has 2 rings (SSSR count). The van der Waals surface area contributed by atoms with Gasteiger partial charge < -0.3 is 15.4 Å². The zero-order chi connectivity index (χ0) is 22.9. The summed E-state index contributed by atoms with van der Waals surface area (Å²) in [6.07, 6.45) is -4.54. The van der Waals surface area contributed by atoms with Gasteiger partial charge in [-0.15, -0.1) is 0 Å². The summed E-state index contributed by atoms with van der Waals surface area (Å²) in [5.74, 6) is -1.73. The first kappa shape index (κ1) is 23.8. The molecular formula is C21H18F3N3O3S. The van der Waals surface area contributed by atoms with Crippen molar-refractivity contribution >= 4 is 35.0 Å². The highest BCUT2D eigenvalue weighted by Gasteiger charge is 2.30. The van der Waals surface area contributed by atoms with E-state index in [1.54, 1.807) is 43.3 Å². The van der Waals surface area contributed by atoms with Crippen molar-refractivity contribution in [3.05, 3.63) is 70.8 Å². The molecule has 0 radical (unpaired) electrons. The van der Waals surface area contributed by atoms with Crippen molar-refractivity contribution in [3.63, 3.8) is 0 Å². The van der Waals surface area contributed by atoms with E-state index >= 15 is 0 Å². The van der Waals surface area contributed by atoms with Crippen LogP contribution in [0.15, 0.2) is 65.2 Å². The number of esters is 1. The highest BCUT2D eigenvalue weighted by molar-refractivity contribution is 8.03. The van der Waals surface area contributed by atoms with Crippen LogP contribution >= 0.6 is 11.8 Å². The van der Waals surface area contributed by atoms with Crippen LogP contribution in [-0.2, 0) is 20.5 Å². The van der Waals surface area contributed by atoms with Crippen LogP contribution in [-0.4, -0.2) is 24.2 Å². The number of carbonyl (C=O) groups excluding carboxylic acids is 2. The molecule has 0 aliphatic rings. The second-order valence-electron chi connectivity index (χ2n) is 5.94. The molecule has 2 N–H and O–H groups in total. The average molecular weight is 449 g/mol. The van der Waals surface area contributed by atoms with Crippen molar-refractivity contribution in [2.75, 3.05) is 23.0 Å². The lowest BCUT2D eigenvalue weighted by atomic mass is 10.2. The molecule has 0 aliphatic carbocycles. The highest BCUT2D eigenvalue weighted by Crippen LogP contribution is 2.31. The van der Waals surface area contributed by atoms with Crippen molar-refractivity contribution < 1.29 is 27.5 Å². The molecular weight excluding hydrogens is 431 g/mol. The van der Waals surface area contributed by atoms with Crippen molar-refractivity contribution in [1.29, 1.82) is 5.26 Å². The fourth-order valence-electron chi connectivity index (χ4n) is 2.32. The van der Waals surface area contributed by atoms with Crippen LogP contribution in [0.5, 0.6) is 0 Å².